The molecule has 0 aliphatic carbocycles. The zero-order chi connectivity index (χ0) is 23.2. The summed E-state index contributed by atoms with van der Waals surface area (Å²) in [6, 6.07) is 10.4. The molecule has 0 aromatic heterocycles. The molecule has 0 aliphatic rings. The van der Waals surface area contributed by atoms with Gasteiger partial charge in [-0.25, -0.2) is 8.42 Å². The lowest BCUT2D eigenvalue weighted by Crippen LogP contribution is -2.35. The van der Waals surface area contributed by atoms with Gasteiger partial charge in [-0.15, -0.1) is 0 Å². The topological polar surface area (TPSA) is 96.0 Å². The van der Waals surface area contributed by atoms with Crippen LogP contribution in [0.15, 0.2) is 47.4 Å². The number of nitrogens with zero attached hydrogens (tertiary/aromatic N) is 2. The number of sulfonamides is 1. The predicted octanol–water partition coefficient (Wildman–Crippen LogP) is 3.09. The first-order valence-electron chi connectivity index (χ1n) is 9.63. The summed E-state index contributed by atoms with van der Waals surface area (Å²) < 4.78 is 31.8. The molecule has 31 heavy (non-hydrogen) atoms. The largest absolute Gasteiger partial charge is 0.495 e. The normalized spacial score (nSPS) is 11.3. The van der Waals surface area contributed by atoms with Crippen LogP contribution in [0, 0.1) is 0 Å². The minimum absolute atomic E-state index is 0.0146. The number of amides is 2. The lowest BCUT2D eigenvalue weighted by molar-refractivity contribution is -0.116. The molecule has 0 bridgehead atoms. The first kappa shape index (κ1) is 24.6. The van der Waals surface area contributed by atoms with Crippen LogP contribution in [0.2, 0.25) is 5.02 Å². The summed E-state index contributed by atoms with van der Waals surface area (Å²) in [7, 11) is -1.18. The summed E-state index contributed by atoms with van der Waals surface area (Å²) >= 11 is 5.95. The summed E-state index contributed by atoms with van der Waals surface area (Å²) in [6.45, 7) is 4.45. The van der Waals surface area contributed by atoms with E-state index >= 15 is 0 Å². The summed E-state index contributed by atoms with van der Waals surface area (Å²) in [5.74, 6) is -0.325. The SMILES string of the molecule is CCN(CC)C(=O)c1ccc(S(=O)(=O)N(C)CC(=O)Nc2cc(Cl)ccc2OC)cc1. The summed E-state index contributed by atoms with van der Waals surface area (Å²) in [6.07, 6.45) is 0. The molecule has 2 aromatic carbocycles. The van der Waals surface area contributed by atoms with E-state index in [1.807, 2.05) is 13.8 Å². The smallest absolute Gasteiger partial charge is 0.253 e. The van der Waals surface area contributed by atoms with Crippen molar-refractivity contribution in [3.63, 3.8) is 0 Å². The molecule has 0 spiro atoms. The van der Waals surface area contributed by atoms with Crippen LogP contribution >= 0.6 is 11.6 Å². The summed E-state index contributed by atoms with van der Waals surface area (Å²) in [4.78, 5) is 26.4. The number of carbonyl (C=O) groups is 2. The molecule has 0 unspecified atom stereocenters. The van der Waals surface area contributed by atoms with Crippen molar-refractivity contribution < 1.29 is 22.7 Å². The van der Waals surface area contributed by atoms with Crippen LogP contribution in [0.4, 0.5) is 5.69 Å². The van der Waals surface area contributed by atoms with Crippen molar-refractivity contribution in [2.75, 3.05) is 39.1 Å². The van der Waals surface area contributed by atoms with Crippen molar-refractivity contribution in [1.82, 2.24) is 9.21 Å². The quantitative estimate of drug-likeness (QED) is 0.611. The van der Waals surface area contributed by atoms with Crippen molar-refractivity contribution in [2.45, 2.75) is 18.7 Å². The lowest BCUT2D eigenvalue weighted by Gasteiger charge is -2.20. The van der Waals surface area contributed by atoms with Gasteiger partial charge >= 0.3 is 0 Å². The number of halogens is 1. The van der Waals surface area contributed by atoms with E-state index in [9.17, 15) is 18.0 Å². The third kappa shape index (κ3) is 5.96. The van der Waals surface area contributed by atoms with E-state index in [0.717, 1.165) is 4.31 Å². The van der Waals surface area contributed by atoms with E-state index < -0.39 is 22.5 Å². The zero-order valence-electron chi connectivity index (χ0n) is 17.9. The fraction of sp³-hybridized carbons (Fsp3) is 0.333. The van der Waals surface area contributed by atoms with E-state index in [0.29, 0.717) is 35.1 Å². The van der Waals surface area contributed by atoms with Gasteiger partial charge in [-0.1, -0.05) is 11.6 Å². The van der Waals surface area contributed by atoms with E-state index in [-0.39, 0.29) is 10.8 Å². The Kier molecular flexibility index (Phi) is 8.43. The van der Waals surface area contributed by atoms with Crippen LogP contribution in [-0.4, -0.2) is 63.2 Å². The van der Waals surface area contributed by atoms with Crippen molar-refractivity contribution in [3.8, 4) is 5.75 Å². The standard InChI is InChI=1S/C21H26ClN3O5S/c1-5-25(6-2)21(27)15-7-10-17(11-8-15)31(28,29)24(3)14-20(26)23-18-13-16(22)9-12-19(18)30-4/h7-13H,5-6,14H2,1-4H3,(H,23,26). The van der Waals surface area contributed by atoms with Gasteiger partial charge in [0.1, 0.15) is 5.75 Å². The molecule has 0 atom stereocenters. The number of hydrogen-bond donors (Lipinski definition) is 1. The highest BCUT2D eigenvalue weighted by atomic mass is 35.5. The van der Waals surface area contributed by atoms with Crippen LogP contribution in [0.5, 0.6) is 5.75 Å². The van der Waals surface area contributed by atoms with Crippen LogP contribution in [-0.2, 0) is 14.8 Å². The molecule has 2 aromatic rings. The number of anilines is 1. The first-order chi connectivity index (χ1) is 14.6. The van der Waals surface area contributed by atoms with Gasteiger partial charge in [-0.2, -0.15) is 4.31 Å². The van der Waals surface area contributed by atoms with E-state index in [1.54, 1.807) is 17.0 Å². The molecule has 2 amide bonds. The number of carbonyl (C=O) groups excluding carboxylic acids is 2. The van der Waals surface area contributed by atoms with Gasteiger partial charge in [0.05, 0.1) is 24.2 Å². The number of rotatable bonds is 9. The minimum atomic E-state index is -3.93. The van der Waals surface area contributed by atoms with Crippen molar-refractivity contribution >= 4 is 39.1 Å². The predicted molar refractivity (Wildman–Crippen MR) is 120 cm³/mol. The molecule has 0 fully saturated rings. The second kappa shape index (κ2) is 10.6. The van der Waals surface area contributed by atoms with Gasteiger partial charge in [0.25, 0.3) is 5.91 Å². The van der Waals surface area contributed by atoms with Crippen molar-refractivity contribution in [3.05, 3.63) is 53.1 Å². The van der Waals surface area contributed by atoms with E-state index in [1.165, 1.54) is 44.5 Å². The minimum Gasteiger partial charge on any atom is -0.495 e. The number of ether oxygens (including phenoxy) is 1. The van der Waals surface area contributed by atoms with Crippen LogP contribution in [0.3, 0.4) is 0 Å². The van der Waals surface area contributed by atoms with Gasteiger partial charge in [-0.05, 0) is 56.3 Å². The Morgan fingerprint density at radius 1 is 1.06 bits per heavy atom. The molecular formula is C21H26ClN3O5S. The molecule has 0 saturated carbocycles. The van der Waals surface area contributed by atoms with Gasteiger partial charge < -0.3 is 15.0 Å². The van der Waals surface area contributed by atoms with E-state index in [4.69, 9.17) is 16.3 Å². The van der Waals surface area contributed by atoms with Gasteiger partial charge in [-0.3, -0.25) is 9.59 Å². The van der Waals surface area contributed by atoms with Crippen LogP contribution in [0.1, 0.15) is 24.2 Å². The maximum atomic E-state index is 12.8. The second-order valence-electron chi connectivity index (χ2n) is 6.66. The summed E-state index contributed by atoms with van der Waals surface area (Å²) in [5, 5.41) is 3.00. The Morgan fingerprint density at radius 3 is 2.23 bits per heavy atom. The number of benzene rings is 2. The van der Waals surface area contributed by atoms with Gasteiger partial charge in [0.2, 0.25) is 15.9 Å². The Labute approximate surface area is 187 Å². The Balaban J connectivity index is 2.12. The number of likely N-dealkylation sites (N-methyl/N-ethyl adjacent to an activating group) is 1. The second-order valence-corrected chi connectivity index (χ2v) is 9.14. The fourth-order valence-electron chi connectivity index (χ4n) is 2.90. The Morgan fingerprint density at radius 2 is 1.68 bits per heavy atom. The van der Waals surface area contributed by atoms with Gasteiger partial charge in [0, 0.05) is 30.7 Å². The molecule has 8 nitrogen and oxygen atoms in total. The highest BCUT2D eigenvalue weighted by molar-refractivity contribution is 7.89. The maximum Gasteiger partial charge on any atom is 0.253 e. The molecule has 0 heterocycles. The summed E-state index contributed by atoms with van der Waals surface area (Å²) in [5.41, 5.74) is 0.737. The number of hydrogen-bond acceptors (Lipinski definition) is 5. The molecule has 10 heteroatoms. The monoisotopic (exact) mass is 467 g/mol. The average molecular weight is 468 g/mol. The van der Waals surface area contributed by atoms with Crippen LogP contribution < -0.4 is 10.1 Å². The fourth-order valence-corrected chi connectivity index (χ4v) is 4.20. The molecule has 2 rings (SSSR count). The number of nitrogens with one attached hydrogen (secondary N) is 1. The third-order valence-corrected chi connectivity index (χ3v) is 6.71. The van der Waals surface area contributed by atoms with Crippen LogP contribution in [0.25, 0.3) is 0 Å². The van der Waals surface area contributed by atoms with Crippen molar-refractivity contribution in [1.29, 1.82) is 0 Å². The number of methoxy groups -OCH3 is 1. The highest BCUT2D eigenvalue weighted by Gasteiger charge is 2.24. The lowest BCUT2D eigenvalue weighted by atomic mass is 10.2. The van der Waals surface area contributed by atoms with E-state index in [2.05, 4.69) is 5.32 Å². The zero-order valence-corrected chi connectivity index (χ0v) is 19.5. The molecule has 0 saturated heterocycles. The average Bonchev–Trinajstić information content (AvgIpc) is 2.74. The molecule has 1 N–H and O–H groups in total. The molecular weight excluding hydrogens is 442 g/mol. The molecule has 0 aliphatic heterocycles. The Bertz CT molecular complexity index is 1040. The third-order valence-electron chi connectivity index (χ3n) is 4.66. The molecule has 168 valence electrons. The van der Waals surface area contributed by atoms with Gasteiger partial charge in [0.15, 0.2) is 0 Å². The first-order valence-corrected chi connectivity index (χ1v) is 11.4. The van der Waals surface area contributed by atoms with Crippen molar-refractivity contribution in [2.24, 2.45) is 0 Å². The Hall–Kier alpha value is -2.62. The maximum absolute atomic E-state index is 12.8. The molecule has 0 radical (unpaired) electrons. The highest BCUT2D eigenvalue weighted by Crippen LogP contribution is 2.27.